The Kier molecular flexibility index (Phi) is 8.46. The average Bonchev–Trinajstić information content (AvgIpc) is 3.42. The molecule has 0 radical (unpaired) electrons. The highest BCUT2D eigenvalue weighted by atomic mass is 35.5. The lowest BCUT2D eigenvalue weighted by Crippen LogP contribution is -2.24. The van der Waals surface area contributed by atoms with Crippen molar-refractivity contribution in [1.82, 2.24) is 25.3 Å². The Morgan fingerprint density at radius 1 is 1.02 bits per heavy atom. The van der Waals surface area contributed by atoms with Crippen LogP contribution in [0.3, 0.4) is 0 Å². The van der Waals surface area contributed by atoms with Gasteiger partial charge in [-0.3, -0.25) is 4.79 Å². The molecule has 1 amide bonds. The molecular weight excluding hydrogens is 550 g/mol. The van der Waals surface area contributed by atoms with Gasteiger partial charge in [0.15, 0.2) is 0 Å². The molecule has 0 saturated carbocycles. The van der Waals surface area contributed by atoms with Crippen molar-refractivity contribution in [2.45, 2.75) is 33.9 Å². The first-order valence-electron chi connectivity index (χ1n) is 13.2. The number of ether oxygens (including phenoxy) is 1. The van der Waals surface area contributed by atoms with Gasteiger partial charge in [0, 0.05) is 23.0 Å². The fourth-order valence-corrected chi connectivity index (χ4v) is 4.64. The van der Waals surface area contributed by atoms with E-state index in [1.54, 1.807) is 41.2 Å². The number of hydrogen-bond donors (Lipinski definition) is 2. The largest absolute Gasteiger partial charge is 0.456 e. The number of halogens is 1. The number of nitrogens with one attached hydrogen (secondary N) is 2. The van der Waals surface area contributed by atoms with Gasteiger partial charge in [0.1, 0.15) is 28.6 Å². The number of aryl methyl sites for hydroxylation is 3. The van der Waals surface area contributed by atoms with Crippen molar-refractivity contribution in [3.63, 3.8) is 0 Å². The van der Waals surface area contributed by atoms with Gasteiger partial charge in [-0.15, -0.1) is 5.10 Å². The van der Waals surface area contributed by atoms with Crippen molar-refractivity contribution in [3.8, 4) is 17.6 Å². The molecule has 3 aromatic carbocycles. The molecule has 42 heavy (non-hydrogen) atoms. The number of benzene rings is 3. The number of rotatable bonds is 9. The Hall–Kier alpha value is -5.20. The van der Waals surface area contributed by atoms with Gasteiger partial charge in [0.2, 0.25) is 0 Å². The summed E-state index contributed by atoms with van der Waals surface area (Å²) in [7, 11) is 0. The molecule has 2 heterocycles. The zero-order chi connectivity index (χ0) is 29.6. The van der Waals surface area contributed by atoms with E-state index in [1.807, 2.05) is 57.2 Å². The molecule has 2 N–H and O–H groups in total. The van der Waals surface area contributed by atoms with Crippen molar-refractivity contribution in [2.75, 3.05) is 5.32 Å². The minimum absolute atomic E-state index is 0.173. The molecule has 0 fully saturated rings. The maximum Gasteiger partial charge on any atom is 0.256 e. The third-order valence-electron chi connectivity index (χ3n) is 6.49. The van der Waals surface area contributed by atoms with E-state index in [-0.39, 0.29) is 18.0 Å². The highest BCUT2D eigenvalue weighted by Crippen LogP contribution is 2.33. The van der Waals surface area contributed by atoms with Gasteiger partial charge >= 0.3 is 0 Å². The number of nitrogens with zero attached hydrogens (tertiary/aromatic N) is 5. The number of aromatic nitrogens is 4. The predicted molar refractivity (Wildman–Crippen MR) is 161 cm³/mol. The SMILES string of the molecule is Cc1cc(C)c(Oc2cc(Nc3ccc(C#N)cc3)ncc2C(=O)NCc2cn(Cc3ccc(Cl)cc3)nn2)c(C)c1. The van der Waals surface area contributed by atoms with E-state index in [2.05, 4.69) is 32.0 Å². The Bertz CT molecular complexity index is 1750. The van der Waals surface area contributed by atoms with Crippen LogP contribution in [0.5, 0.6) is 11.5 Å². The minimum atomic E-state index is -0.364. The van der Waals surface area contributed by atoms with Crippen LogP contribution in [0.1, 0.15) is 43.9 Å². The first kappa shape index (κ1) is 28.3. The van der Waals surface area contributed by atoms with Gasteiger partial charge in [0.25, 0.3) is 5.91 Å². The van der Waals surface area contributed by atoms with Crippen LogP contribution in [-0.4, -0.2) is 25.9 Å². The predicted octanol–water partition coefficient (Wildman–Crippen LogP) is 6.64. The van der Waals surface area contributed by atoms with Gasteiger partial charge in [-0.25, -0.2) is 9.67 Å². The molecule has 5 aromatic rings. The van der Waals surface area contributed by atoms with Crippen molar-refractivity contribution in [1.29, 1.82) is 5.26 Å². The summed E-state index contributed by atoms with van der Waals surface area (Å²) in [6, 6.07) is 22.4. The lowest BCUT2D eigenvalue weighted by atomic mass is 10.1. The Morgan fingerprint density at radius 3 is 2.43 bits per heavy atom. The maximum atomic E-state index is 13.4. The lowest BCUT2D eigenvalue weighted by Gasteiger charge is -2.16. The lowest BCUT2D eigenvalue weighted by molar-refractivity contribution is 0.0947. The minimum Gasteiger partial charge on any atom is -0.456 e. The van der Waals surface area contributed by atoms with Crippen molar-refractivity contribution in [2.24, 2.45) is 0 Å². The quantitative estimate of drug-likeness (QED) is 0.202. The van der Waals surface area contributed by atoms with Crippen LogP contribution >= 0.6 is 11.6 Å². The summed E-state index contributed by atoms with van der Waals surface area (Å²) in [5, 5.41) is 24.2. The molecule has 0 aliphatic carbocycles. The first-order valence-corrected chi connectivity index (χ1v) is 13.6. The zero-order valence-electron chi connectivity index (χ0n) is 23.4. The molecule has 0 unspecified atom stereocenters. The maximum absolute atomic E-state index is 13.4. The van der Waals surface area contributed by atoms with Gasteiger partial charge in [0.05, 0.1) is 30.9 Å². The Balaban J connectivity index is 1.35. The molecule has 5 rings (SSSR count). The van der Waals surface area contributed by atoms with Crippen LogP contribution in [-0.2, 0) is 13.1 Å². The number of carbonyl (C=O) groups is 1. The van der Waals surface area contributed by atoms with Crippen molar-refractivity contribution >= 4 is 29.0 Å². The fraction of sp³-hybridized carbons (Fsp3) is 0.156. The number of pyridine rings is 1. The van der Waals surface area contributed by atoms with E-state index < -0.39 is 0 Å². The van der Waals surface area contributed by atoms with Crippen LogP contribution in [0.25, 0.3) is 0 Å². The topological polar surface area (TPSA) is 118 Å². The third kappa shape index (κ3) is 6.92. The summed E-state index contributed by atoms with van der Waals surface area (Å²) in [6.45, 7) is 6.68. The molecule has 9 nitrogen and oxygen atoms in total. The summed E-state index contributed by atoms with van der Waals surface area (Å²) in [6.07, 6.45) is 3.26. The smallest absolute Gasteiger partial charge is 0.256 e. The first-order chi connectivity index (χ1) is 20.3. The monoisotopic (exact) mass is 577 g/mol. The highest BCUT2D eigenvalue weighted by Gasteiger charge is 2.18. The molecule has 0 atom stereocenters. The van der Waals surface area contributed by atoms with E-state index in [1.165, 1.54) is 6.20 Å². The number of amides is 1. The number of hydrogen-bond acceptors (Lipinski definition) is 7. The van der Waals surface area contributed by atoms with Crippen LogP contribution in [0.4, 0.5) is 11.5 Å². The van der Waals surface area contributed by atoms with Gasteiger partial charge in [-0.1, -0.05) is 46.6 Å². The molecule has 0 aliphatic rings. The summed E-state index contributed by atoms with van der Waals surface area (Å²) in [5.74, 6) is 1.14. The van der Waals surface area contributed by atoms with Gasteiger partial charge < -0.3 is 15.4 Å². The number of nitriles is 1. The molecule has 0 bridgehead atoms. The fourth-order valence-electron chi connectivity index (χ4n) is 4.51. The molecular formula is C32H28ClN7O2. The third-order valence-corrected chi connectivity index (χ3v) is 6.74. The summed E-state index contributed by atoms with van der Waals surface area (Å²) in [4.78, 5) is 17.8. The van der Waals surface area contributed by atoms with Crippen LogP contribution in [0, 0.1) is 32.1 Å². The standard InChI is InChI=1S/C32H28ClN7O2/c1-20-12-21(2)31(22(3)13-20)42-29-14-30(37-26-10-6-23(15-34)7-11-26)35-17-28(29)32(41)36-16-27-19-40(39-38-27)18-24-4-8-25(33)9-5-24/h4-14,17,19H,16,18H2,1-3H3,(H,35,37)(H,36,41). The molecule has 210 valence electrons. The summed E-state index contributed by atoms with van der Waals surface area (Å²) < 4.78 is 8.07. The van der Waals surface area contributed by atoms with Crippen molar-refractivity contribution < 1.29 is 9.53 Å². The second-order valence-electron chi connectivity index (χ2n) is 9.93. The van der Waals surface area contributed by atoms with Crippen LogP contribution in [0.2, 0.25) is 5.02 Å². The highest BCUT2D eigenvalue weighted by molar-refractivity contribution is 6.30. The zero-order valence-corrected chi connectivity index (χ0v) is 24.1. The summed E-state index contributed by atoms with van der Waals surface area (Å²) >= 11 is 5.97. The van der Waals surface area contributed by atoms with E-state index in [9.17, 15) is 4.79 Å². The molecule has 0 aliphatic heterocycles. The average molecular weight is 578 g/mol. The van der Waals surface area contributed by atoms with Crippen molar-refractivity contribution in [3.05, 3.63) is 123 Å². The molecule has 0 saturated heterocycles. The normalized spacial score (nSPS) is 10.6. The van der Waals surface area contributed by atoms with E-state index in [4.69, 9.17) is 21.6 Å². The van der Waals surface area contributed by atoms with E-state index in [0.717, 1.165) is 27.9 Å². The van der Waals surface area contributed by atoms with E-state index in [0.29, 0.717) is 40.1 Å². The molecule has 2 aromatic heterocycles. The van der Waals surface area contributed by atoms with Gasteiger partial charge in [-0.2, -0.15) is 5.26 Å². The Labute approximate surface area is 248 Å². The number of carbonyl (C=O) groups excluding carboxylic acids is 1. The Morgan fingerprint density at radius 2 is 1.74 bits per heavy atom. The summed E-state index contributed by atoms with van der Waals surface area (Å²) in [5.41, 5.74) is 6.24. The van der Waals surface area contributed by atoms with Crippen LogP contribution in [0.15, 0.2) is 79.1 Å². The second-order valence-corrected chi connectivity index (χ2v) is 10.4. The van der Waals surface area contributed by atoms with E-state index >= 15 is 0 Å². The second kappa shape index (κ2) is 12.5. The van der Waals surface area contributed by atoms with Gasteiger partial charge in [-0.05, 0) is 73.9 Å². The number of anilines is 2. The molecule has 10 heteroatoms. The van der Waals surface area contributed by atoms with Crippen LogP contribution < -0.4 is 15.4 Å². The molecule has 0 spiro atoms.